The van der Waals surface area contributed by atoms with E-state index in [0.29, 0.717) is 12.8 Å². The van der Waals surface area contributed by atoms with Crippen molar-refractivity contribution in [2.75, 3.05) is 0 Å². The average Bonchev–Trinajstić information content (AvgIpc) is 2.23. The predicted molar refractivity (Wildman–Crippen MR) is 55.3 cm³/mol. The first-order valence-electron chi connectivity index (χ1n) is 5.87. The van der Waals surface area contributed by atoms with Gasteiger partial charge in [-0.3, -0.25) is 4.79 Å². The molecule has 8 heteroatoms. The molecule has 0 bridgehead atoms. The molecule has 0 fully saturated rings. The van der Waals surface area contributed by atoms with E-state index in [2.05, 4.69) is 4.74 Å². The van der Waals surface area contributed by atoms with Crippen LogP contribution in [0.2, 0.25) is 0 Å². The average molecular weight is 294 g/mol. The maximum atomic E-state index is 12.2. The Morgan fingerprint density at radius 3 is 1.84 bits per heavy atom. The minimum Gasteiger partial charge on any atom is -0.443 e. The van der Waals surface area contributed by atoms with Crippen LogP contribution < -0.4 is 0 Å². The maximum Gasteiger partial charge on any atom is 0.434 e. The zero-order valence-electron chi connectivity index (χ0n) is 10.6. The Morgan fingerprint density at radius 2 is 1.53 bits per heavy atom. The van der Waals surface area contributed by atoms with Gasteiger partial charge in [-0.25, -0.2) is 0 Å². The molecule has 2 nitrogen and oxygen atoms in total. The number of carbonyl (C=O) groups is 1. The summed E-state index contributed by atoms with van der Waals surface area (Å²) in [5, 5.41) is 0. The molecule has 0 spiro atoms. The van der Waals surface area contributed by atoms with Gasteiger partial charge in [-0.2, -0.15) is 26.3 Å². The Hall–Kier alpha value is -0.950. The van der Waals surface area contributed by atoms with Crippen molar-refractivity contribution >= 4 is 5.97 Å². The largest absolute Gasteiger partial charge is 0.443 e. The van der Waals surface area contributed by atoms with Crippen molar-refractivity contribution < 1.29 is 35.9 Å². The van der Waals surface area contributed by atoms with E-state index in [1.165, 1.54) is 6.92 Å². The summed E-state index contributed by atoms with van der Waals surface area (Å²) in [7, 11) is 0. The topological polar surface area (TPSA) is 26.3 Å². The SMILES string of the molecule is CCCC[C@H](CC)C(=O)OC(C(F)(F)F)C(F)(F)F. The van der Waals surface area contributed by atoms with Gasteiger partial charge in [0.15, 0.2) is 0 Å². The minimum absolute atomic E-state index is 0.140. The van der Waals surface area contributed by atoms with Crippen LogP contribution in [0.4, 0.5) is 26.3 Å². The van der Waals surface area contributed by atoms with Crippen LogP contribution in [0.3, 0.4) is 0 Å². The molecule has 0 radical (unpaired) electrons. The Balaban J connectivity index is 4.80. The lowest BCUT2D eigenvalue weighted by Crippen LogP contribution is -2.46. The fourth-order valence-corrected chi connectivity index (χ4v) is 1.47. The molecule has 0 heterocycles. The van der Waals surface area contributed by atoms with Crippen LogP contribution >= 0.6 is 0 Å². The van der Waals surface area contributed by atoms with Gasteiger partial charge < -0.3 is 4.74 Å². The zero-order chi connectivity index (χ0) is 15.3. The molecule has 0 aromatic rings. The molecule has 0 saturated carbocycles. The van der Waals surface area contributed by atoms with Crippen molar-refractivity contribution in [3.05, 3.63) is 0 Å². The van der Waals surface area contributed by atoms with Crippen molar-refractivity contribution in [1.29, 1.82) is 0 Å². The van der Waals surface area contributed by atoms with E-state index in [9.17, 15) is 31.1 Å². The smallest absolute Gasteiger partial charge is 0.434 e. The third kappa shape index (κ3) is 6.15. The molecule has 0 aliphatic rings. The van der Waals surface area contributed by atoms with Gasteiger partial charge in [-0.15, -0.1) is 0 Å². The van der Waals surface area contributed by atoms with E-state index >= 15 is 0 Å². The molecule has 0 amide bonds. The summed E-state index contributed by atoms with van der Waals surface area (Å²) in [6, 6.07) is 0. The number of halogens is 6. The monoisotopic (exact) mass is 294 g/mol. The number of unbranched alkanes of at least 4 members (excludes halogenated alkanes) is 1. The fraction of sp³-hybridized carbons (Fsp3) is 0.909. The first-order valence-corrected chi connectivity index (χ1v) is 5.87. The van der Waals surface area contributed by atoms with E-state index in [1.807, 2.05) is 0 Å². The highest BCUT2D eigenvalue weighted by atomic mass is 19.4. The van der Waals surface area contributed by atoms with Crippen LogP contribution in [0.25, 0.3) is 0 Å². The van der Waals surface area contributed by atoms with E-state index in [-0.39, 0.29) is 12.8 Å². The predicted octanol–water partition coefficient (Wildman–Crippen LogP) is 4.24. The second-order valence-corrected chi connectivity index (χ2v) is 4.15. The van der Waals surface area contributed by atoms with Gasteiger partial charge in [-0.1, -0.05) is 26.7 Å². The number of hydrogen-bond donors (Lipinski definition) is 0. The quantitative estimate of drug-likeness (QED) is 0.541. The summed E-state index contributed by atoms with van der Waals surface area (Å²) >= 11 is 0. The number of esters is 1. The molecule has 0 aliphatic heterocycles. The van der Waals surface area contributed by atoms with Crippen LogP contribution in [-0.2, 0) is 9.53 Å². The summed E-state index contributed by atoms with van der Waals surface area (Å²) in [6.07, 6.45) is -13.8. The van der Waals surface area contributed by atoms with Crippen LogP contribution in [0.15, 0.2) is 0 Å². The number of carbonyl (C=O) groups excluding carboxylic acids is 1. The van der Waals surface area contributed by atoms with E-state index in [1.54, 1.807) is 6.92 Å². The standard InChI is InChI=1S/C11H16F6O2/c1-3-5-6-7(4-2)8(18)19-9(10(12,13)14)11(15,16)17/h7,9H,3-6H2,1-2H3/t7-/m0/s1. The normalized spacial score (nSPS) is 14.6. The summed E-state index contributed by atoms with van der Waals surface area (Å²) < 4.78 is 76.8. The Morgan fingerprint density at radius 1 is 1.05 bits per heavy atom. The van der Waals surface area contributed by atoms with E-state index in [4.69, 9.17) is 0 Å². The second-order valence-electron chi connectivity index (χ2n) is 4.15. The van der Waals surface area contributed by atoms with Crippen molar-refractivity contribution in [3.8, 4) is 0 Å². The highest BCUT2D eigenvalue weighted by molar-refractivity contribution is 5.72. The van der Waals surface area contributed by atoms with E-state index < -0.39 is 30.3 Å². The van der Waals surface area contributed by atoms with Crippen LogP contribution in [0, 0.1) is 5.92 Å². The highest BCUT2D eigenvalue weighted by Gasteiger charge is 2.60. The number of alkyl halides is 6. The Bertz CT molecular complexity index is 270. The zero-order valence-corrected chi connectivity index (χ0v) is 10.6. The van der Waals surface area contributed by atoms with Crippen molar-refractivity contribution in [1.82, 2.24) is 0 Å². The van der Waals surface area contributed by atoms with Gasteiger partial charge >= 0.3 is 18.3 Å². The van der Waals surface area contributed by atoms with Gasteiger partial charge in [0.05, 0.1) is 5.92 Å². The Labute approximate surface area is 107 Å². The molecule has 114 valence electrons. The summed E-state index contributed by atoms with van der Waals surface area (Å²) in [6.45, 7) is 3.31. The first-order chi connectivity index (χ1) is 8.54. The molecule has 0 saturated heterocycles. The van der Waals surface area contributed by atoms with Gasteiger partial charge in [0, 0.05) is 0 Å². The van der Waals surface area contributed by atoms with E-state index in [0.717, 1.165) is 0 Å². The molecule has 0 unspecified atom stereocenters. The second kappa shape index (κ2) is 7.00. The fourth-order valence-electron chi connectivity index (χ4n) is 1.47. The summed E-state index contributed by atoms with van der Waals surface area (Å²) in [5.41, 5.74) is 0. The van der Waals surface area contributed by atoms with Crippen molar-refractivity contribution in [3.63, 3.8) is 0 Å². The third-order valence-corrected chi connectivity index (χ3v) is 2.56. The lowest BCUT2D eigenvalue weighted by Gasteiger charge is -2.24. The summed E-state index contributed by atoms with van der Waals surface area (Å²) in [4.78, 5) is 11.4. The lowest BCUT2D eigenvalue weighted by atomic mass is 9.99. The minimum atomic E-state index is -5.66. The number of rotatable bonds is 6. The van der Waals surface area contributed by atoms with Crippen LogP contribution in [0.5, 0.6) is 0 Å². The summed E-state index contributed by atoms with van der Waals surface area (Å²) in [5.74, 6) is -2.39. The molecular weight excluding hydrogens is 278 g/mol. The third-order valence-electron chi connectivity index (χ3n) is 2.56. The van der Waals surface area contributed by atoms with Crippen LogP contribution in [-0.4, -0.2) is 24.4 Å². The van der Waals surface area contributed by atoms with Gasteiger partial charge in [0.25, 0.3) is 6.10 Å². The van der Waals surface area contributed by atoms with Crippen LogP contribution in [0.1, 0.15) is 39.5 Å². The lowest BCUT2D eigenvalue weighted by molar-refractivity contribution is -0.314. The molecule has 0 aromatic heterocycles. The molecule has 0 rings (SSSR count). The molecular formula is C11H16F6O2. The van der Waals surface area contributed by atoms with Gasteiger partial charge in [0.2, 0.25) is 0 Å². The highest BCUT2D eigenvalue weighted by Crippen LogP contribution is 2.36. The Kier molecular flexibility index (Phi) is 6.65. The molecule has 1 atom stereocenters. The molecule has 0 N–H and O–H groups in total. The molecule has 0 aromatic carbocycles. The van der Waals surface area contributed by atoms with Gasteiger partial charge in [0.1, 0.15) is 0 Å². The maximum absolute atomic E-state index is 12.2. The molecule has 19 heavy (non-hydrogen) atoms. The number of ether oxygens (including phenoxy) is 1. The van der Waals surface area contributed by atoms with Crippen molar-refractivity contribution in [2.45, 2.75) is 58.0 Å². The number of hydrogen-bond acceptors (Lipinski definition) is 2. The van der Waals surface area contributed by atoms with Gasteiger partial charge in [-0.05, 0) is 12.8 Å². The molecule has 0 aliphatic carbocycles. The first kappa shape index (κ1) is 18.0. The van der Waals surface area contributed by atoms with Crippen molar-refractivity contribution in [2.24, 2.45) is 5.92 Å².